The fourth-order valence-electron chi connectivity index (χ4n) is 1.24. The molecule has 2 aromatic rings. The summed E-state index contributed by atoms with van der Waals surface area (Å²) in [6, 6.07) is 8.80. The topological polar surface area (TPSA) is 67.8 Å². The normalized spacial score (nSPS) is 10.1. The van der Waals surface area contributed by atoms with Gasteiger partial charge in [-0.1, -0.05) is 30.3 Å². The third-order valence-electron chi connectivity index (χ3n) is 2.01. The van der Waals surface area contributed by atoms with Gasteiger partial charge in [0.1, 0.15) is 12.9 Å². The fraction of sp³-hybridized carbons (Fsp3) is 0.100. The maximum atomic E-state index is 11.7. The molecule has 5 heteroatoms. The highest BCUT2D eigenvalue weighted by Crippen LogP contribution is 2.00. The van der Waals surface area contributed by atoms with Gasteiger partial charge in [0, 0.05) is 5.56 Å². The van der Waals surface area contributed by atoms with Crippen LogP contribution >= 0.6 is 0 Å². The quantitative estimate of drug-likeness (QED) is 0.736. The monoisotopic (exact) mass is 203 g/mol. The van der Waals surface area contributed by atoms with Crippen molar-refractivity contribution in [3.8, 4) is 0 Å². The molecular formula is C10H9N3O2. The number of rotatable bonds is 3. The molecule has 76 valence electrons. The molecule has 5 nitrogen and oxygen atoms in total. The van der Waals surface area contributed by atoms with E-state index in [2.05, 4.69) is 10.1 Å². The first kappa shape index (κ1) is 9.39. The molecule has 1 aromatic heterocycles. The molecule has 0 radical (unpaired) electrons. The molecule has 0 amide bonds. The molecule has 0 saturated heterocycles. The van der Waals surface area contributed by atoms with Gasteiger partial charge >= 0.3 is 5.69 Å². The standard InChI is InChI=1S/C10H9N3O2/c14-9(8-4-2-1-3-5-8)6-13-10(15)11-7-12-13/h1-5,7H,6H2,(H,11,12,15). The molecule has 15 heavy (non-hydrogen) atoms. The van der Waals surface area contributed by atoms with Crippen LogP contribution in [0.15, 0.2) is 41.5 Å². The summed E-state index contributed by atoms with van der Waals surface area (Å²) in [5.41, 5.74) is 0.201. The minimum Gasteiger partial charge on any atom is -0.295 e. The summed E-state index contributed by atoms with van der Waals surface area (Å²) in [7, 11) is 0. The molecule has 0 bridgehead atoms. The van der Waals surface area contributed by atoms with Crippen LogP contribution in [0.1, 0.15) is 10.4 Å². The van der Waals surface area contributed by atoms with Crippen molar-refractivity contribution in [2.24, 2.45) is 0 Å². The predicted molar refractivity (Wildman–Crippen MR) is 53.6 cm³/mol. The molecule has 0 aliphatic rings. The Labute approximate surface area is 85.4 Å². The van der Waals surface area contributed by atoms with Gasteiger partial charge in [-0.3, -0.25) is 9.78 Å². The SMILES string of the molecule is O=C(Cn1nc[nH]c1=O)c1ccccc1. The van der Waals surface area contributed by atoms with Crippen molar-refractivity contribution in [1.82, 2.24) is 14.8 Å². The second-order valence-corrected chi connectivity index (χ2v) is 3.04. The van der Waals surface area contributed by atoms with Gasteiger partial charge in [0.15, 0.2) is 5.78 Å². The molecule has 1 heterocycles. The number of carbonyl (C=O) groups is 1. The summed E-state index contributed by atoms with van der Waals surface area (Å²) >= 11 is 0. The number of H-pyrrole nitrogens is 1. The summed E-state index contributed by atoms with van der Waals surface area (Å²) in [4.78, 5) is 25.1. The van der Waals surface area contributed by atoms with Gasteiger partial charge in [0.25, 0.3) is 0 Å². The van der Waals surface area contributed by atoms with E-state index in [1.54, 1.807) is 24.3 Å². The number of nitrogens with zero attached hydrogens (tertiary/aromatic N) is 2. The smallest absolute Gasteiger partial charge is 0.295 e. The third kappa shape index (κ3) is 2.01. The van der Waals surface area contributed by atoms with E-state index < -0.39 is 0 Å². The lowest BCUT2D eigenvalue weighted by Crippen LogP contribution is -2.23. The zero-order valence-electron chi connectivity index (χ0n) is 7.88. The van der Waals surface area contributed by atoms with E-state index in [-0.39, 0.29) is 18.0 Å². The van der Waals surface area contributed by atoms with Crippen molar-refractivity contribution < 1.29 is 4.79 Å². The highest BCUT2D eigenvalue weighted by molar-refractivity contribution is 5.95. The molecule has 2 rings (SSSR count). The number of benzene rings is 1. The van der Waals surface area contributed by atoms with E-state index in [1.165, 1.54) is 6.33 Å². The van der Waals surface area contributed by atoms with Crippen molar-refractivity contribution in [1.29, 1.82) is 0 Å². The van der Waals surface area contributed by atoms with Gasteiger partial charge in [0.2, 0.25) is 0 Å². The zero-order valence-corrected chi connectivity index (χ0v) is 7.88. The van der Waals surface area contributed by atoms with Crippen molar-refractivity contribution in [3.63, 3.8) is 0 Å². The van der Waals surface area contributed by atoms with E-state index in [4.69, 9.17) is 0 Å². The average molecular weight is 203 g/mol. The van der Waals surface area contributed by atoms with Crippen LogP contribution in [0.25, 0.3) is 0 Å². The molecule has 0 aliphatic carbocycles. The lowest BCUT2D eigenvalue weighted by atomic mass is 10.1. The Hall–Kier alpha value is -2.17. The van der Waals surface area contributed by atoms with Crippen LogP contribution in [0.5, 0.6) is 0 Å². The third-order valence-corrected chi connectivity index (χ3v) is 2.01. The zero-order chi connectivity index (χ0) is 10.7. The first-order valence-corrected chi connectivity index (χ1v) is 4.46. The molecule has 0 unspecified atom stereocenters. The summed E-state index contributed by atoms with van der Waals surface area (Å²) < 4.78 is 1.09. The van der Waals surface area contributed by atoms with Crippen molar-refractivity contribution >= 4 is 5.78 Å². The first-order chi connectivity index (χ1) is 7.27. The number of hydrogen-bond donors (Lipinski definition) is 1. The Morgan fingerprint density at radius 1 is 1.33 bits per heavy atom. The Kier molecular flexibility index (Phi) is 2.45. The molecule has 1 N–H and O–H groups in total. The highest BCUT2D eigenvalue weighted by Gasteiger charge is 2.07. The number of nitrogens with one attached hydrogen (secondary N) is 1. The molecule has 0 aliphatic heterocycles. The van der Waals surface area contributed by atoms with Crippen LogP contribution in [0, 0.1) is 0 Å². The second kappa shape index (κ2) is 3.91. The number of Topliss-reactive ketones (excluding diaryl/α,β-unsaturated/α-hetero) is 1. The highest BCUT2D eigenvalue weighted by atomic mass is 16.2. The fourth-order valence-corrected chi connectivity index (χ4v) is 1.24. The Morgan fingerprint density at radius 2 is 2.07 bits per heavy atom. The first-order valence-electron chi connectivity index (χ1n) is 4.46. The molecule has 1 aromatic carbocycles. The van der Waals surface area contributed by atoms with Gasteiger partial charge in [-0.05, 0) is 0 Å². The summed E-state index contributed by atoms with van der Waals surface area (Å²) in [5, 5.41) is 3.71. The van der Waals surface area contributed by atoms with E-state index in [9.17, 15) is 9.59 Å². The Bertz CT molecular complexity index is 513. The van der Waals surface area contributed by atoms with E-state index in [1.807, 2.05) is 6.07 Å². The molecular weight excluding hydrogens is 194 g/mol. The lowest BCUT2D eigenvalue weighted by Gasteiger charge is -1.99. The van der Waals surface area contributed by atoms with Gasteiger partial charge < -0.3 is 0 Å². The Balaban J connectivity index is 2.18. The van der Waals surface area contributed by atoms with E-state index in [0.29, 0.717) is 5.56 Å². The van der Waals surface area contributed by atoms with Crippen molar-refractivity contribution in [3.05, 3.63) is 52.7 Å². The van der Waals surface area contributed by atoms with Crippen LogP contribution in [0.3, 0.4) is 0 Å². The van der Waals surface area contributed by atoms with Gasteiger partial charge in [-0.2, -0.15) is 5.10 Å². The largest absolute Gasteiger partial charge is 0.343 e. The van der Waals surface area contributed by atoms with Crippen molar-refractivity contribution in [2.45, 2.75) is 6.54 Å². The van der Waals surface area contributed by atoms with Crippen LogP contribution in [0.2, 0.25) is 0 Å². The number of ketones is 1. The van der Waals surface area contributed by atoms with Crippen LogP contribution < -0.4 is 5.69 Å². The summed E-state index contributed by atoms with van der Waals surface area (Å²) in [6.07, 6.45) is 1.26. The molecule has 0 atom stereocenters. The van der Waals surface area contributed by atoms with Gasteiger partial charge in [-0.25, -0.2) is 9.48 Å². The van der Waals surface area contributed by atoms with Crippen molar-refractivity contribution in [2.75, 3.05) is 0 Å². The second-order valence-electron chi connectivity index (χ2n) is 3.04. The summed E-state index contributed by atoms with van der Waals surface area (Å²) in [5.74, 6) is -0.134. The minimum atomic E-state index is -0.376. The lowest BCUT2D eigenvalue weighted by molar-refractivity contribution is 0.0966. The number of carbonyl (C=O) groups excluding carboxylic acids is 1. The molecule has 0 fully saturated rings. The van der Waals surface area contributed by atoms with Crippen LogP contribution in [-0.2, 0) is 6.54 Å². The van der Waals surface area contributed by atoms with Crippen LogP contribution in [-0.4, -0.2) is 20.5 Å². The Morgan fingerprint density at radius 3 is 2.67 bits per heavy atom. The summed E-state index contributed by atoms with van der Waals surface area (Å²) in [6.45, 7) is -0.0354. The molecule has 0 saturated carbocycles. The van der Waals surface area contributed by atoms with E-state index in [0.717, 1.165) is 4.68 Å². The minimum absolute atomic E-state index is 0.0354. The predicted octanol–water partition coefficient (Wildman–Crippen LogP) is 0.454. The van der Waals surface area contributed by atoms with Gasteiger partial charge in [-0.15, -0.1) is 0 Å². The average Bonchev–Trinajstić information content (AvgIpc) is 2.66. The number of hydrogen-bond acceptors (Lipinski definition) is 3. The molecule has 0 spiro atoms. The number of aromatic nitrogens is 3. The number of aromatic amines is 1. The van der Waals surface area contributed by atoms with Gasteiger partial charge in [0.05, 0.1) is 0 Å². The maximum Gasteiger partial charge on any atom is 0.343 e. The van der Waals surface area contributed by atoms with Crippen LogP contribution in [0.4, 0.5) is 0 Å². The van der Waals surface area contributed by atoms with E-state index >= 15 is 0 Å². The maximum absolute atomic E-state index is 11.7.